The van der Waals surface area contributed by atoms with E-state index in [1.807, 2.05) is 6.07 Å². The van der Waals surface area contributed by atoms with Gasteiger partial charge in [-0.3, -0.25) is 14.4 Å². The molecule has 6 heteroatoms. The molecule has 3 rings (SSSR count). The van der Waals surface area contributed by atoms with Crippen molar-refractivity contribution in [3.05, 3.63) is 60.2 Å². The fraction of sp³-hybridized carbons (Fsp3) is 0.250. The van der Waals surface area contributed by atoms with E-state index in [-0.39, 0.29) is 36.6 Å². The minimum atomic E-state index is -0.205. The maximum absolute atomic E-state index is 12.0. The minimum absolute atomic E-state index is 0.0251. The molecule has 6 nitrogen and oxygen atoms in total. The summed E-state index contributed by atoms with van der Waals surface area (Å²) in [5.74, 6) is -0.259. The van der Waals surface area contributed by atoms with Gasteiger partial charge >= 0.3 is 0 Å². The summed E-state index contributed by atoms with van der Waals surface area (Å²) in [7, 11) is 0. The van der Waals surface area contributed by atoms with Crippen molar-refractivity contribution in [2.45, 2.75) is 19.3 Å². The van der Waals surface area contributed by atoms with Crippen LogP contribution in [0.4, 0.5) is 11.4 Å². The van der Waals surface area contributed by atoms with E-state index in [2.05, 4.69) is 16.0 Å². The maximum atomic E-state index is 12.0. The van der Waals surface area contributed by atoms with Crippen molar-refractivity contribution in [2.24, 2.45) is 5.92 Å². The highest BCUT2D eigenvalue weighted by molar-refractivity contribution is 5.96. The first-order chi connectivity index (χ1) is 12.6. The Morgan fingerprint density at radius 1 is 0.885 bits per heavy atom. The fourth-order valence-electron chi connectivity index (χ4n) is 2.47. The minimum Gasteiger partial charge on any atom is -0.352 e. The summed E-state index contributed by atoms with van der Waals surface area (Å²) >= 11 is 0. The van der Waals surface area contributed by atoms with Crippen molar-refractivity contribution >= 4 is 29.1 Å². The molecule has 0 aromatic heterocycles. The van der Waals surface area contributed by atoms with Gasteiger partial charge in [-0.1, -0.05) is 24.3 Å². The van der Waals surface area contributed by atoms with Crippen LogP contribution in [0, 0.1) is 5.92 Å². The lowest BCUT2D eigenvalue weighted by Gasteiger charge is -2.09. The lowest BCUT2D eigenvalue weighted by Crippen LogP contribution is -2.27. The SMILES string of the molecule is O=C(CCNC(=O)c1ccccc1)Nc1cccc(NC(=O)C2CC2)c1. The van der Waals surface area contributed by atoms with Crippen molar-refractivity contribution in [1.82, 2.24) is 5.32 Å². The van der Waals surface area contributed by atoms with E-state index < -0.39 is 0 Å². The van der Waals surface area contributed by atoms with Gasteiger partial charge in [0, 0.05) is 35.8 Å². The van der Waals surface area contributed by atoms with Gasteiger partial charge in [-0.15, -0.1) is 0 Å². The Balaban J connectivity index is 1.44. The maximum Gasteiger partial charge on any atom is 0.251 e. The van der Waals surface area contributed by atoms with Crippen molar-refractivity contribution in [2.75, 3.05) is 17.2 Å². The van der Waals surface area contributed by atoms with Crippen LogP contribution in [0.5, 0.6) is 0 Å². The van der Waals surface area contributed by atoms with Gasteiger partial charge in [-0.05, 0) is 43.2 Å². The Bertz CT molecular complexity index is 801. The van der Waals surface area contributed by atoms with Crippen molar-refractivity contribution in [1.29, 1.82) is 0 Å². The van der Waals surface area contributed by atoms with Crippen molar-refractivity contribution in [3.63, 3.8) is 0 Å². The molecule has 1 saturated carbocycles. The number of hydrogen-bond donors (Lipinski definition) is 3. The Labute approximate surface area is 152 Å². The molecule has 26 heavy (non-hydrogen) atoms. The molecule has 2 aromatic rings. The molecule has 3 amide bonds. The predicted molar refractivity (Wildman–Crippen MR) is 99.8 cm³/mol. The first kappa shape index (κ1) is 17.7. The van der Waals surface area contributed by atoms with Gasteiger partial charge in [0.05, 0.1) is 0 Å². The van der Waals surface area contributed by atoms with Crippen molar-refractivity contribution in [3.8, 4) is 0 Å². The van der Waals surface area contributed by atoms with E-state index >= 15 is 0 Å². The zero-order valence-corrected chi connectivity index (χ0v) is 14.3. The van der Waals surface area contributed by atoms with Gasteiger partial charge in [0.2, 0.25) is 11.8 Å². The van der Waals surface area contributed by atoms with Crippen molar-refractivity contribution < 1.29 is 14.4 Å². The number of anilines is 2. The summed E-state index contributed by atoms with van der Waals surface area (Å²) in [6, 6.07) is 15.9. The molecular formula is C20H21N3O3. The molecule has 0 spiro atoms. The zero-order valence-electron chi connectivity index (χ0n) is 14.3. The number of nitrogens with one attached hydrogen (secondary N) is 3. The molecule has 0 aliphatic heterocycles. The molecule has 1 aliphatic carbocycles. The third-order valence-corrected chi connectivity index (χ3v) is 4.04. The average Bonchev–Trinajstić information content (AvgIpc) is 3.48. The molecule has 0 heterocycles. The van der Waals surface area contributed by atoms with E-state index in [0.29, 0.717) is 16.9 Å². The molecule has 0 bridgehead atoms. The van der Waals surface area contributed by atoms with Crippen LogP contribution in [0.15, 0.2) is 54.6 Å². The number of rotatable bonds is 7. The smallest absolute Gasteiger partial charge is 0.251 e. The number of hydrogen-bond acceptors (Lipinski definition) is 3. The van der Waals surface area contributed by atoms with Gasteiger partial charge < -0.3 is 16.0 Å². The van der Waals surface area contributed by atoms with Crippen LogP contribution >= 0.6 is 0 Å². The molecule has 0 atom stereocenters. The Morgan fingerprint density at radius 2 is 1.58 bits per heavy atom. The summed E-state index contributed by atoms with van der Waals surface area (Å²) in [5.41, 5.74) is 1.84. The molecule has 1 fully saturated rings. The van der Waals surface area contributed by atoms with Crippen LogP contribution in [-0.4, -0.2) is 24.3 Å². The Kier molecular flexibility index (Phi) is 5.63. The summed E-state index contributed by atoms with van der Waals surface area (Å²) in [6.07, 6.45) is 2.05. The lowest BCUT2D eigenvalue weighted by atomic mass is 10.2. The standard InChI is InChI=1S/C20H21N3O3/c24-18(11-12-21-19(25)14-5-2-1-3-6-14)22-16-7-4-8-17(13-16)23-20(26)15-9-10-15/h1-8,13,15H,9-12H2,(H,21,25)(H,22,24)(H,23,26). The molecule has 2 aromatic carbocycles. The van der Waals surface area contributed by atoms with E-state index in [4.69, 9.17) is 0 Å². The monoisotopic (exact) mass is 351 g/mol. The highest BCUT2D eigenvalue weighted by atomic mass is 16.2. The molecule has 134 valence electrons. The Morgan fingerprint density at radius 3 is 2.27 bits per heavy atom. The fourth-order valence-corrected chi connectivity index (χ4v) is 2.47. The van der Waals surface area contributed by atoms with Crippen LogP contribution in [0.25, 0.3) is 0 Å². The number of carbonyl (C=O) groups excluding carboxylic acids is 3. The highest BCUT2D eigenvalue weighted by Crippen LogP contribution is 2.30. The van der Waals surface area contributed by atoms with Crippen LogP contribution in [-0.2, 0) is 9.59 Å². The third kappa shape index (κ3) is 5.17. The zero-order chi connectivity index (χ0) is 18.4. The lowest BCUT2D eigenvalue weighted by molar-refractivity contribution is -0.117. The van der Waals surface area contributed by atoms with Gasteiger partial charge in [-0.25, -0.2) is 0 Å². The number of amides is 3. The van der Waals surface area contributed by atoms with E-state index in [1.54, 1.807) is 48.5 Å². The second-order valence-corrected chi connectivity index (χ2v) is 6.26. The largest absolute Gasteiger partial charge is 0.352 e. The summed E-state index contributed by atoms with van der Waals surface area (Å²) in [5, 5.41) is 8.33. The van der Waals surface area contributed by atoms with E-state index in [1.165, 1.54) is 0 Å². The topological polar surface area (TPSA) is 87.3 Å². The van der Waals surface area contributed by atoms with Crippen LogP contribution in [0.1, 0.15) is 29.6 Å². The predicted octanol–water partition coefficient (Wildman–Crippen LogP) is 2.79. The van der Waals surface area contributed by atoms with Gasteiger partial charge in [0.1, 0.15) is 0 Å². The average molecular weight is 351 g/mol. The second-order valence-electron chi connectivity index (χ2n) is 6.26. The van der Waals surface area contributed by atoms with Crippen LogP contribution in [0.2, 0.25) is 0 Å². The first-order valence-electron chi connectivity index (χ1n) is 8.66. The van der Waals surface area contributed by atoms with Crippen LogP contribution in [0.3, 0.4) is 0 Å². The molecule has 0 radical (unpaired) electrons. The number of carbonyl (C=O) groups is 3. The first-order valence-corrected chi connectivity index (χ1v) is 8.66. The van der Waals surface area contributed by atoms with Crippen LogP contribution < -0.4 is 16.0 Å². The summed E-state index contributed by atoms with van der Waals surface area (Å²) in [6.45, 7) is 0.248. The van der Waals surface area contributed by atoms with E-state index in [9.17, 15) is 14.4 Å². The highest BCUT2D eigenvalue weighted by Gasteiger charge is 2.29. The molecule has 0 unspecified atom stereocenters. The molecule has 0 saturated heterocycles. The third-order valence-electron chi connectivity index (χ3n) is 4.04. The molecular weight excluding hydrogens is 330 g/mol. The molecule has 1 aliphatic rings. The molecule has 3 N–H and O–H groups in total. The number of benzene rings is 2. The quantitative estimate of drug-likeness (QED) is 0.717. The summed E-state index contributed by atoms with van der Waals surface area (Å²) in [4.78, 5) is 35.7. The Hall–Kier alpha value is -3.15. The van der Waals surface area contributed by atoms with Gasteiger partial charge in [-0.2, -0.15) is 0 Å². The summed E-state index contributed by atoms with van der Waals surface area (Å²) < 4.78 is 0. The van der Waals surface area contributed by atoms with Gasteiger partial charge in [0.15, 0.2) is 0 Å². The van der Waals surface area contributed by atoms with Gasteiger partial charge in [0.25, 0.3) is 5.91 Å². The van der Waals surface area contributed by atoms with E-state index in [0.717, 1.165) is 12.8 Å². The normalized spacial score (nSPS) is 12.9. The second kappa shape index (κ2) is 8.29.